The molecule has 1 amide bonds. The summed E-state index contributed by atoms with van der Waals surface area (Å²) in [6.45, 7) is 4.69. The van der Waals surface area contributed by atoms with Crippen LogP contribution in [-0.4, -0.2) is 36.0 Å². The minimum absolute atomic E-state index is 0.235. The Hall–Kier alpha value is -2.50. The van der Waals surface area contributed by atoms with Crippen molar-refractivity contribution in [3.63, 3.8) is 0 Å². The van der Waals surface area contributed by atoms with Gasteiger partial charge in [-0.1, -0.05) is 19.1 Å². The first-order valence-electron chi connectivity index (χ1n) is 9.76. The van der Waals surface area contributed by atoms with E-state index in [9.17, 15) is 9.18 Å². The maximum Gasteiger partial charge on any atom is 0.207 e. The van der Waals surface area contributed by atoms with Crippen LogP contribution in [0.5, 0.6) is 0 Å². The summed E-state index contributed by atoms with van der Waals surface area (Å²) in [6.07, 6.45) is 6.46. The van der Waals surface area contributed by atoms with Gasteiger partial charge < -0.3 is 10.2 Å². The molecule has 1 N–H and O–H groups in total. The number of rotatable bonds is 8. The van der Waals surface area contributed by atoms with Gasteiger partial charge in [0.2, 0.25) is 6.41 Å². The Bertz CT molecular complexity index is 758. The molecule has 27 heavy (non-hydrogen) atoms. The molecule has 2 heterocycles. The molecule has 0 saturated carbocycles. The lowest BCUT2D eigenvalue weighted by Crippen LogP contribution is -2.32. The zero-order valence-corrected chi connectivity index (χ0v) is 15.9. The largest absolute Gasteiger partial charge is 0.358 e. The number of hydrogen-bond donors (Lipinski definition) is 1. The molecule has 5 nitrogen and oxygen atoms in total. The highest BCUT2D eigenvalue weighted by Crippen LogP contribution is 2.26. The van der Waals surface area contributed by atoms with Gasteiger partial charge in [-0.3, -0.25) is 4.79 Å². The third kappa shape index (κ3) is 5.02. The Balaban J connectivity index is 1.94. The van der Waals surface area contributed by atoms with Crippen molar-refractivity contribution in [3.8, 4) is 0 Å². The first-order chi connectivity index (χ1) is 13.2. The summed E-state index contributed by atoms with van der Waals surface area (Å²) in [4.78, 5) is 22.7. The first kappa shape index (κ1) is 19.3. The fourth-order valence-electron chi connectivity index (χ4n) is 3.60. The van der Waals surface area contributed by atoms with Crippen LogP contribution in [0.4, 0.5) is 10.2 Å². The number of aryl methyl sites for hydroxylation is 1. The van der Waals surface area contributed by atoms with E-state index in [0.717, 1.165) is 60.8 Å². The number of piperidine rings is 1. The van der Waals surface area contributed by atoms with Crippen molar-refractivity contribution in [1.82, 2.24) is 15.3 Å². The first-order valence-corrected chi connectivity index (χ1v) is 9.76. The van der Waals surface area contributed by atoms with E-state index in [2.05, 4.69) is 17.1 Å². The predicted octanol–water partition coefficient (Wildman–Crippen LogP) is 3.05. The number of carbonyl (C=O) groups excluding carboxylic acids is 1. The van der Waals surface area contributed by atoms with E-state index in [1.807, 2.05) is 0 Å². The molecule has 1 fully saturated rings. The summed E-state index contributed by atoms with van der Waals surface area (Å²) in [5.41, 5.74) is 3.17. The smallest absolute Gasteiger partial charge is 0.207 e. The average molecular weight is 370 g/mol. The molecule has 144 valence electrons. The van der Waals surface area contributed by atoms with E-state index < -0.39 is 0 Å². The standard InChI is InChI=1S/C21H27FN4O/c1-2-19-18(10-11-23-15-27)21(26-12-4-3-5-13-26)25-20(24-19)14-16-6-8-17(22)9-7-16/h6-9,15H,2-5,10-14H2,1H3,(H,23,27). The highest BCUT2D eigenvalue weighted by atomic mass is 19.1. The van der Waals surface area contributed by atoms with E-state index >= 15 is 0 Å². The Labute approximate surface area is 160 Å². The van der Waals surface area contributed by atoms with Gasteiger partial charge in [0.05, 0.1) is 0 Å². The fraction of sp³-hybridized carbons (Fsp3) is 0.476. The number of anilines is 1. The highest BCUT2D eigenvalue weighted by molar-refractivity contribution is 5.51. The van der Waals surface area contributed by atoms with Crippen LogP contribution in [0.2, 0.25) is 0 Å². The van der Waals surface area contributed by atoms with Crippen LogP contribution >= 0.6 is 0 Å². The molecule has 0 atom stereocenters. The molecule has 0 radical (unpaired) electrons. The third-order valence-electron chi connectivity index (χ3n) is 4.99. The van der Waals surface area contributed by atoms with Crippen molar-refractivity contribution < 1.29 is 9.18 Å². The molecule has 0 unspecified atom stereocenters. The summed E-state index contributed by atoms with van der Waals surface area (Å²) in [7, 11) is 0. The van der Waals surface area contributed by atoms with Crippen LogP contribution < -0.4 is 10.2 Å². The van der Waals surface area contributed by atoms with Gasteiger partial charge in [-0.2, -0.15) is 0 Å². The minimum atomic E-state index is -0.235. The molecule has 0 bridgehead atoms. The second-order valence-electron chi connectivity index (χ2n) is 6.92. The number of benzene rings is 1. The second-order valence-corrected chi connectivity index (χ2v) is 6.92. The maximum atomic E-state index is 13.2. The zero-order valence-electron chi connectivity index (χ0n) is 15.9. The molecule has 0 aliphatic carbocycles. The monoisotopic (exact) mass is 370 g/mol. The quantitative estimate of drug-likeness (QED) is 0.573. The lowest BCUT2D eigenvalue weighted by Gasteiger charge is -2.30. The zero-order chi connectivity index (χ0) is 19.1. The number of amides is 1. The number of aromatic nitrogens is 2. The Morgan fingerprint density at radius 1 is 1.15 bits per heavy atom. The summed E-state index contributed by atoms with van der Waals surface area (Å²) < 4.78 is 13.2. The summed E-state index contributed by atoms with van der Waals surface area (Å²) >= 11 is 0. The van der Waals surface area contributed by atoms with Gasteiger partial charge in [0.15, 0.2) is 0 Å². The summed E-state index contributed by atoms with van der Waals surface area (Å²) in [5.74, 6) is 1.54. The number of carbonyl (C=O) groups is 1. The lowest BCUT2D eigenvalue weighted by atomic mass is 10.0. The molecule has 1 aromatic heterocycles. The number of hydrogen-bond acceptors (Lipinski definition) is 4. The van der Waals surface area contributed by atoms with Gasteiger partial charge in [0.1, 0.15) is 17.5 Å². The normalized spacial score (nSPS) is 14.2. The van der Waals surface area contributed by atoms with Crippen molar-refractivity contribution in [2.75, 3.05) is 24.5 Å². The fourth-order valence-corrected chi connectivity index (χ4v) is 3.60. The van der Waals surface area contributed by atoms with E-state index in [0.29, 0.717) is 13.0 Å². The Morgan fingerprint density at radius 3 is 2.56 bits per heavy atom. The van der Waals surface area contributed by atoms with E-state index in [-0.39, 0.29) is 5.82 Å². The number of halogens is 1. The molecule has 1 saturated heterocycles. The van der Waals surface area contributed by atoms with Crippen LogP contribution in [0.25, 0.3) is 0 Å². The van der Waals surface area contributed by atoms with Crippen LogP contribution in [0.3, 0.4) is 0 Å². The molecule has 1 aliphatic rings. The van der Waals surface area contributed by atoms with Gasteiger partial charge in [-0.25, -0.2) is 14.4 Å². The topological polar surface area (TPSA) is 58.1 Å². The van der Waals surface area contributed by atoms with Crippen molar-refractivity contribution >= 4 is 12.2 Å². The van der Waals surface area contributed by atoms with Gasteiger partial charge in [-0.15, -0.1) is 0 Å². The molecule has 2 aromatic rings. The molecule has 1 aromatic carbocycles. The van der Waals surface area contributed by atoms with E-state index in [4.69, 9.17) is 9.97 Å². The molecule has 0 spiro atoms. The van der Waals surface area contributed by atoms with Crippen molar-refractivity contribution in [3.05, 3.63) is 52.7 Å². The van der Waals surface area contributed by atoms with Crippen LogP contribution in [0, 0.1) is 5.82 Å². The Kier molecular flexibility index (Phi) is 6.74. The van der Waals surface area contributed by atoms with Crippen LogP contribution in [-0.2, 0) is 24.1 Å². The van der Waals surface area contributed by atoms with Crippen LogP contribution in [0.1, 0.15) is 48.8 Å². The van der Waals surface area contributed by atoms with Gasteiger partial charge in [0.25, 0.3) is 0 Å². The molecule has 3 rings (SSSR count). The van der Waals surface area contributed by atoms with Gasteiger partial charge in [-0.05, 0) is 49.8 Å². The van der Waals surface area contributed by atoms with Crippen molar-refractivity contribution in [1.29, 1.82) is 0 Å². The van der Waals surface area contributed by atoms with E-state index in [1.165, 1.54) is 31.4 Å². The van der Waals surface area contributed by atoms with Crippen molar-refractivity contribution in [2.24, 2.45) is 0 Å². The lowest BCUT2D eigenvalue weighted by molar-refractivity contribution is -0.109. The second kappa shape index (κ2) is 9.44. The minimum Gasteiger partial charge on any atom is -0.358 e. The third-order valence-corrected chi connectivity index (χ3v) is 4.99. The molecular formula is C21H27FN4O. The van der Waals surface area contributed by atoms with E-state index in [1.54, 1.807) is 12.1 Å². The molecule has 1 aliphatic heterocycles. The van der Waals surface area contributed by atoms with Gasteiger partial charge >= 0.3 is 0 Å². The predicted molar refractivity (Wildman–Crippen MR) is 104 cm³/mol. The summed E-state index contributed by atoms with van der Waals surface area (Å²) in [6, 6.07) is 6.52. The van der Waals surface area contributed by atoms with Gasteiger partial charge in [0, 0.05) is 37.3 Å². The summed E-state index contributed by atoms with van der Waals surface area (Å²) in [5, 5.41) is 2.75. The molecular weight excluding hydrogens is 343 g/mol. The average Bonchev–Trinajstić information content (AvgIpc) is 2.71. The Morgan fingerprint density at radius 2 is 1.89 bits per heavy atom. The SMILES string of the molecule is CCc1nc(Cc2ccc(F)cc2)nc(N2CCCCC2)c1CCNC=O. The van der Waals surface area contributed by atoms with Crippen molar-refractivity contribution in [2.45, 2.75) is 45.4 Å². The number of nitrogens with one attached hydrogen (secondary N) is 1. The number of nitrogens with zero attached hydrogens (tertiary/aromatic N) is 3. The highest BCUT2D eigenvalue weighted by Gasteiger charge is 2.20. The molecule has 6 heteroatoms. The maximum absolute atomic E-state index is 13.2. The van der Waals surface area contributed by atoms with Crippen LogP contribution in [0.15, 0.2) is 24.3 Å².